The van der Waals surface area contributed by atoms with Crippen LogP contribution in [0.3, 0.4) is 0 Å². The van der Waals surface area contributed by atoms with Crippen molar-refractivity contribution in [3.63, 3.8) is 0 Å². The molecule has 0 saturated carbocycles. The number of aryl methyl sites for hydroxylation is 1. The number of nitrogens with two attached hydrogens (primary N) is 1. The van der Waals surface area contributed by atoms with Crippen LogP contribution in [-0.2, 0) is 9.47 Å². The first-order valence-electron chi connectivity index (χ1n) is 6.12. The summed E-state index contributed by atoms with van der Waals surface area (Å²) >= 11 is 0. The van der Waals surface area contributed by atoms with E-state index in [9.17, 15) is 0 Å². The van der Waals surface area contributed by atoms with Gasteiger partial charge in [-0.1, -0.05) is 24.3 Å². The second kappa shape index (κ2) is 8.23. The Hall–Kier alpha value is -0.900. The van der Waals surface area contributed by atoms with Gasteiger partial charge in [-0.05, 0) is 36.9 Å². The lowest BCUT2D eigenvalue weighted by molar-refractivity contribution is 0.0672. The van der Waals surface area contributed by atoms with Gasteiger partial charge in [-0.3, -0.25) is 0 Å². The van der Waals surface area contributed by atoms with Crippen molar-refractivity contribution in [3.8, 4) is 0 Å². The van der Waals surface area contributed by atoms with Crippen molar-refractivity contribution in [2.75, 3.05) is 33.5 Å². The molecule has 0 spiro atoms. The Balaban J connectivity index is 2.41. The SMILES string of the molecule is COCCOCCC(CN)c1ccccc1C. The van der Waals surface area contributed by atoms with Crippen LogP contribution in [0.25, 0.3) is 0 Å². The van der Waals surface area contributed by atoms with Crippen LogP contribution in [0.15, 0.2) is 24.3 Å². The molecule has 1 aromatic rings. The molecule has 0 heterocycles. The summed E-state index contributed by atoms with van der Waals surface area (Å²) in [6.07, 6.45) is 0.963. The fourth-order valence-electron chi connectivity index (χ4n) is 1.92. The second-order valence-electron chi connectivity index (χ2n) is 4.18. The molecule has 1 atom stereocenters. The first-order valence-corrected chi connectivity index (χ1v) is 6.12. The summed E-state index contributed by atoms with van der Waals surface area (Å²) in [6, 6.07) is 8.41. The van der Waals surface area contributed by atoms with Crippen molar-refractivity contribution in [1.29, 1.82) is 0 Å². The molecule has 0 aliphatic rings. The molecule has 3 heteroatoms. The monoisotopic (exact) mass is 237 g/mol. The van der Waals surface area contributed by atoms with Crippen LogP contribution < -0.4 is 5.73 Å². The van der Waals surface area contributed by atoms with Crippen molar-refractivity contribution in [3.05, 3.63) is 35.4 Å². The molecule has 0 aromatic heterocycles. The highest BCUT2D eigenvalue weighted by Gasteiger charge is 2.11. The number of hydrogen-bond acceptors (Lipinski definition) is 3. The second-order valence-corrected chi connectivity index (χ2v) is 4.18. The molecule has 0 aliphatic carbocycles. The Labute approximate surface area is 104 Å². The van der Waals surface area contributed by atoms with Gasteiger partial charge in [0, 0.05) is 13.7 Å². The van der Waals surface area contributed by atoms with Gasteiger partial charge >= 0.3 is 0 Å². The van der Waals surface area contributed by atoms with Crippen LogP contribution in [0.4, 0.5) is 0 Å². The average molecular weight is 237 g/mol. The van der Waals surface area contributed by atoms with E-state index in [-0.39, 0.29) is 0 Å². The van der Waals surface area contributed by atoms with Crippen LogP contribution in [0, 0.1) is 6.92 Å². The van der Waals surface area contributed by atoms with Crippen molar-refractivity contribution in [1.82, 2.24) is 0 Å². The number of benzene rings is 1. The van der Waals surface area contributed by atoms with Crippen molar-refractivity contribution in [2.45, 2.75) is 19.3 Å². The fraction of sp³-hybridized carbons (Fsp3) is 0.571. The topological polar surface area (TPSA) is 44.5 Å². The summed E-state index contributed by atoms with van der Waals surface area (Å²) in [5.41, 5.74) is 8.48. The van der Waals surface area contributed by atoms with Gasteiger partial charge in [-0.2, -0.15) is 0 Å². The molecule has 1 rings (SSSR count). The van der Waals surface area contributed by atoms with Crippen LogP contribution in [0.5, 0.6) is 0 Å². The average Bonchev–Trinajstić information content (AvgIpc) is 2.35. The predicted octanol–water partition coefficient (Wildman–Crippen LogP) is 2.09. The third-order valence-electron chi connectivity index (χ3n) is 2.96. The number of methoxy groups -OCH3 is 1. The highest BCUT2D eigenvalue weighted by atomic mass is 16.5. The maximum absolute atomic E-state index is 5.83. The molecule has 1 aromatic carbocycles. The van der Waals surface area contributed by atoms with E-state index in [0.29, 0.717) is 25.7 Å². The summed E-state index contributed by atoms with van der Waals surface area (Å²) in [6.45, 7) is 4.83. The van der Waals surface area contributed by atoms with Gasteiger partial charge in [0.2, 0.25) is 0 Å². The quantitative estimate of drug-likeness (QED) is 0.704. The molecule has 0 bridgehead atoms. The Morgan fingerprint density at radius 3 is 2.59 bits per heavy atom. The van der Waals surface area contributed by atoms with Gasteiger partial charge in [0.15, 0.2) is 0 Å². The number of ether oxygens (including phenoxy) is 2. The maximum atomic E-state index is 5.83. The standard InChI is InChI=1S/C14H23NO2/c1-12-5-3-4-6-14(12)13(11-15)7-8-17-10-9-16-2/h3-6,13H,7-11,15H2,1-2H3. The summed E-state index contributed by atoms with van der Waals surface area (Å²) in [5.74, 6) is 0.388. The first-order chi connectivity index (χ1) is 8.29. The predicted molar refractivity (Wildman–Crippen MR) is 70.3 cm³/mol. The first kappa shape index (κ1) is 14.2. The largest absolute Gasteiger partial charge is 0.382 e. The zero-order valence-electron chi connectivity index (χ0n) is 10.8. The van der Waals surface area contributed by atoms with E-state index in [4.69, 9.17) is 15.2 Å². The van der Waals surface area contributed by atoms with Gasteiger partial charge in [-0.15, -0.1) is 0 Å². The fourth-order valence-corrected chi connectivity index (χ4v) is 1.92. The van der Waals surface area contributed by atoms with Crippen LogP contribution in [-0.4, -0.2) is 33.5 Å². The van der Waals surface area contributed by atoms with E-state index in [0.717, 1.165) is 13.0 Å². The van der Waals surface area contributed by atoms with Crippen LogP contribution in [0.1, 0.15) is 23.5 Å². The Morgan fingerprint density at radius 2 is 1.94 bits per heavy atom. The lowest BCUT2D eigenvalue weighted by Gasteiger charge is -2.17. The molecule has 0 fully saturated rings. The molecule has 3 nitrogen and oxygen atoms in total. The van der Waals surface area contributed by atoms with Gasteiger partial charge in [0.25, 0.3) is 0 Å². The molecule has 17 heavy (non-hydrogen) atoms. The zero-order valence-corrected chi connectivity index (χ0v) is 10.8. The Morgan fingerprint density at radius 1 is 1.18 bits per heavy atom. The summed E-state index contributed by atoms with van der Waals surface area (Å²) in [7, 11) is 1.68. The number of rotatable bonds is 8. The lowest BCUT2D eigenvalue weighted by atomic mass is 9.92. The minimum absolute atomic E-state index is 0.388. The van der Waals surface area contributed by atoms with E-state index in [2.05, 4.69) is 31.2 Å². The normalized spacial score (nSPS) is 12.6. The highest BCUT2D eigenvalue weighted by Crippen LogP contribution is 2.21. The van der Waals surface area contributed by atoms with Crippen molar-refractivity contribution in [2.24, 2.45) is 5.73 Å². The number of hydrogen-bond donors (Lipinski definition) is 1. The summed E-state index contributed by atoms with van der Waals surface area (Å²) in [4.78, 5) is 0. The molecular formula is C14H23NO2. The molecule has 0 saturated heterocycles. The van der Waals surface area contributed by atoms with Crippen molar-refractivity contribution >= 4 is 0 Å². The van der Waals surface area contributed by atoms with E-state index in [1.807, 2.05) is 0 Å². The molecule has 2 N–H and O–H groups in total. The molecular weight excluding hydrogens is 214 g/mol. The highest BCUT2D eigenvalue weighted by molar-refractivity contribution is 5.29. The molecule has 96 valence electrons. The smallest absolute Gasteiger partial charge is 0.0700 e. The molecule has 0 aliphatic heterocycles. The van der Waals surface area contributed by atoms with E-state index < -0.39 is 0 Å². The van der Waals surface area contributed by atoms with Gasteiger partial charge < -0.3 is 15.2 Å². The molecule has 0 amide bonds. The summed E-state index contributed by atoms with van der Waals surface area (Å²) in [5, 5.41) is 0. The third kappa shape index (κ3) is 4.86. The van der Waals surface area contributed by atoms with Crippen LogP contribution in [0.2, 0.25) is 0 Å². The zero-order chi connectivity index (χ0) is 12.5. The van der Waals surface area contributed by atoms with Gasteiger partial charge in [0.05, 0.1) is 13.2 Å². The lowest BCUT2D eigenvalue weighted by Crippen LogP contribution is -2.16. The van der Waals surface area contributed by atoms with E-state index in [1.54, 1.807) is 7.11 Å². The van der Waals surface area contributed by atoms with E-state index >= 15 is 0 Å². The van der Waals surface area contributed by atoms with Gasteiger partial charge in [0.1, 0.15) is 0 Å². The molecule has 1 unspecified atom stereocenters. The summed E-state index contributed by atoms with van der Waals surface area (Å²) < 4.78 is 10.4. The van der Waals surface area contributed by atoms with Crippen molar-refractivity contribution < 1.29 is 9.47 Å². The minimum atomic E-state index is 0.388. The maximum Gasteiger partial charge on any atom is 0.0700 e. The van der Waals surface area contributed by atoms with Crippen LogP contribution >= 0.6 is 0 Å². The van der Waals surface area contributed by atoms with E-state index in [1.165, 1.54) is 11.1 Å². The van der Waals surface area contributed by atoms with Gasteiger partial charge in [-0.25, -0.2) is 0 Å². The Kier molecular flexibility index (Phi) is 6.86. The molecule has 0 radical (unpaired) electrons. The Bertz CT molecular complexity index is 315. The minimum Gasteiger partial charge on any atom is -0.382 e. The third-order valence-corrected chi connectivity index (χ3v) is 2.96.